The van der Waals surface area contributed by atoms with Gasteiger partial charge in [-0.2, -0.15) is 0 Å². The van der Waals surface area contributed by atoms with E-state index in [-0.39, 0.29) is 17.9 Å². The third-order valence-corrected chi connectivity index (χ3v) is 5.91. The summed E-state index contributed by atoms with van der Waals surface area (Å²) in [5.74, 6) is 0.493. The Morgan fingerprint density at radius 3 is 2.71 bits per heavy atom. The van der Waals surface area contributed by atoms with E-state index < -0.39 is 0 Å². The largest absolute Gasteiger partial charge is 0.469 e. The van der Waals surface area contributed by atoms with E-state index in [0.717, 1.165) is 43.0 Å². The van der Waals surface area contributed by atoms with E-state index in [1.807, 2.05) is 34.9 Å². The normalized spacial score (nSPS) is 20.2. The Labute approximate surface area is 169 Å². The maximum absolute atomic E-state index is 12.1. The predicted octanol–water partition coefficient (Wildman–Crippen LogP) is 2.38. The van der Waals surface area contributed by atoms with Gasteiger partial charge in [-0.3, -0.25) is 9.59 Å². The van der Waals surface area contributed by atoms with Crippen molar-refractivity contribution in [3.05, 3.63) is 64.1 Å². The van der Waals surface area contributed by atoms with Crippen LogP contribution < -0.4 is 10.9 Å². The fourth-order valence-corrected chi connectivity index (χ4v) is 4.48. The zero-order chi connectivity index (χ0) is 19.7. The van der Waals surface area contributed by atoms with Crippen molar-refractivity contribution >= 4 is 29.0 Å². The Bertz CT molecular complexity index is 954. The molecule has 3 heterocycles. The molecule has 1 aromatic carbocycles. The molecule has 0 radical (unpaired) electrons. The molecule has 2 aliphatic rings. The molecule has 0 spiro atoms. The molecule has 1 saturated heterocycles. The Balaban J connectivity index is 1.42. The summed E-state index contributed by atoms with van der Waals surface area (Å²) in [6, 6.07) is 13.2. The van der Waals surface area contributed by atoms with E-state index in [4.69, 9.17) is 17.0 Å². The molecular weight excluding hydrogens is 374 g/mol. The highest BCUT2D eigenvalue weighted by Crippen LogP contribution is 2.35. The van der Waals surface area contributed by atoms with Gasteiger partial charge in [0.25, 0.3) is 5.56 Å². The lowest BCUT2D eigenvalue weighted by Gasteiger charge is -2.43. The number of nitrogens with one attached hydrogen (secondary N) is 1. The number of carbonyl (C=O) groups excluding carboxylic acids is 1. The van der Waals surface area contributed by atoms with Crippen LogP contribution in [0.25, 0.3) is 0 Å². The standard InChI is InChI=1S/C21H23N3O3S/c1-27-20(26)10-14-5-7-17(8-6-14)22-21(28)23-11-15-9-16(13-23)18-3-2-4-19(25)24(18)12-15/h2-8,15-16H,9-13H2,1H3,(H,22,28). The number of nitrogens with zero attached hydrogens (tertiary/aromatic N) is 2. The van der Waals surface area contributed by atoms with E-state index in [2.05, 4.69) is 16.3 Å². The van der Waals surface area contributed by atoms with Crippen LogP contribution in [-0.4, -0.2) is 40.7 Å². The lowest BCUT2D eigenvalue weighted by atomic mass is 9.83. The van der Waals surface area contributed by atoms with Gasteiger partial charge < -0.3 is 19.5 Å². The highest BCUT2D eigenvalue weighted by atomic mass is 32.1. The van der Waals surface area contributed by atoms with Crippen molar-refractivity contribution in [1.82, 2.24) is 9.47 Å². The molecule has 146 valence electrons. The summed E-state index contributed by atoms with van der Waals surface area (Å²) in [7, 11) is 1.39. The number of pyridine rings is 1. The summed E-state index contributed by atoms with van der Waals surface area (Å²) in [6.07, 6.45) is 1.36. The number of piperidine rings is 1. The van der Waals surface area contributed by atoms with E-state index in [1.54, 1.807) is 6.07 Å². The number of thiocarbonyl (C=S) groups is 1. The van der Waals surface area contributed by atoms with Gasteiger partial charge in [0.2, 0.25) is 0 Å². The molecule has 6 nitrogen and oxygen atoms in total. The zero-order valence-electron chi connectivity index (χ0n) is 15.8. The van der Waals surface area contributed by atoms with Crippen LogP contribution in [0.1, 0.15) is 23.6 Å². The molecular formula is C21H23N3O3S. The van der Waals surface area contributed by atoms with Crippen molar-refractivity contribution in [2.24, 2.45) is 5.92 Å². The third kappa shape index (κ3) is 3.80. The number of methoxy groups -OCH3 is 1. The molecule has 7 heteroatoms. The second kappa shape index (κ2) is 7.75. The molecule has 0 amide bonds. The van der Waals surface area contributed by atoms with Gasteiger partial charge in [0.05, 0.1) is 13.5 Å². The first kappa shape index (κ1) is 18.7. The first-order chi connectivity index (χ1) is 13.5. The Kier molecular flexibility index (Phi) is 5.17. The second-order valence-electron chi connectivity index (χ2n) is 7.48. The maximum Gasteiger partial charge on any atom is 0.309 e. The topological polar surface area (TPSA) is 63.6 Å². The molecule has 2 bridgehead atoms. The summed E-state index contributed by atoms with van der Waals surface area (Å²) >= 11 is 5.65. The monoisotopic (exact) mass is 397 g/mol. The van der Waals surface area contributed by atoms with Gasteiger partial charge in [-0.15, -0.1) is 0 Å². The smallest absolute Gasteiger partial charge is 0.309 e. The number of likely N-dealkylation sites (tertiary alicyclic amines) is 1. The van der Waals surface area contributed by atoms with Crippen LogP contribution >= 0.6 is 12.2 Å². The van der Waals surface area contributed by atoms with E-state index >= 15 is 0 Å². The number of aromatic nitrogens is 1. The SMILES string of the molecule is COC(=O)Cc1ccc(NC(=S)N2CC3CC(C2)c2cccc(=O)n2C3)cc1. The minimum atomic E-state index is -0.254. The van der Waals surface area contributed by atoms with Crippen LogP contribution in [0.4, 0.5) is 5.69 Å². The number of ether oxygens (including phenoxy) is 1. The molecule has 0 saturated carbocycles. The van der Waals surface area contributed by atoms with Crippen molar-refractivity contribution in [2.45, 2.75) is 25.3 Å². The first-order valence-corrected chi connectivity index (χ1v) is 9.85. The number of hydrogen-bond donors (Lipinski definition) is 1. The lowest BCUT2D eigenvalue weighted by molar-refractivity contribution is -0.139. The van der Waals surface area contributed by atoms with Gasteiger partial charge >= 0.3 is 5.97 Å². The molecule has 4 rings (SSSR count). The van der Waals surface area contributed by atoms with Crippen molar-refractivity contribution in [1.29, 1.82) is 0 Å². The summed E-state index contributed by atoms with van der Waals surface area (Å²) in [5, 5.41) is 4.00. The molecule has 2 aromatic rings. The number of anilines is 1. The predicted molar refractivity (Wildman–Crippen MR) is 112 cm³/mol. The zero-order valence-corrected chi connectivity index (χ0v) is 16.6. The van der Waals surface area contributed by atoms with Crippen LogP contribution in [0.3, 0.4) is 0 Å². The van der Waals surface area contributed by atoms with Crippen molar-refractivity contribution < 1.29 is 9.53 Å². The number of carbonyl (C=O) groups is 1. The Morgan fingerprint density at radius 2 is 1.96 bits per heavy atom. The quantitative estimate of drug-likeness (QED) is 0.634. The summed E-state index contributed by atoms with van der Waals surface area (Å²) in [5.41, 5.74) is 3.00. The number of fused-ring (bicyclic) bond motifs is 4. The molecule has 1 aromatic heterocycles. The number of benzene rings is 1. The Hall–Kier alpha value is -2.67. The maximum atomic E-state index is 12.1. The lowest BCUT2D eigenvalue weighted by Crippen LogP contribution is -2.50. The molecule has 1 N–H and O–H groups in total. The van der Waals surface area contributed by atoms with Crippen molar-refractivity contribution in [3.63, 3.8) is 0 Å². The Morgan fingerprint density at radius 1 is 1.18 bits per heavy atom. The van der Waals surface area contributed by atoms with Crippen LogP contribution in [0.15, 0.2) is 47.3 Å². The van der Waals surface area contributed by atoms with Gasteiger partial charge in [-0.05, 0) is 48.3 Å². The third-order valence-electron chi connectivity index (χ3n) is 5.55. The summed E-state index contributed by atoms with van der Waals surface area (Å²) in [6.45, 7) is 2.42. The van der Waals surface area contributed by atoms with Gasteiger partial charge in [0, 0.05) is 43.0 Å². The highest BCUT2D eigenvalue weighted by Gasteiger charge is 2.35. The number of hydrogen-bond acceptors (Lipinski definition) is 4. The van der Waals surface area contributed by atoms with Crippen LogP contribution in [-0.2, 0) is 22.5 Å². The summed E-state index contributed by atoms with van der Waals surface area (Å²) in [4.78, 5) is 25.7. The van der Waals surface area contributed by atoms with Crippen molar-refractivity contribution in [3.8, 4) is 0 Å². The van der Waals surface area contributed by atoms with Crippen LogP contribution in [0, 0.1) is 5.92 Å². The van der Waals surface area contributed by atoms with Gasteiger partial charge in [-0.25, -0.2) is 0 Å². The fourth-order valence-electron chi connectivity index (χ4n) is 4.21. The van der Waals surface area contributed by atoms with Crippen LogP contribution in [0.5, 0.6) is 0 Å². The first-order valence-electron chi connectivity index (χ1n) is 9.45. The average Bonchev–Trinajstić information content (AvgIpc) is 2.70. The van der Waals surface area contributed by atoms with E-state index in [9.17, 15) is 9.59 Å². The average molecular weight is 398 g/mol. The van der Waals surface area contributed by atoms with Gasteiger partial charge in [0.1, 0.15) is 0 Å². The van der Waals surface area contributed by atoms with Gasteiger partial charge in [0.15, 0.2) is 5.11 Å². The van der Waals surface area contributed by atoms with Gasteiger partial charge in [-0.1, -0.05) is 18.2 Å². The molecule has 2 atom stereocenters. The van der Waals surface area contributed by atoms with E-state index in [1.165, 1.54) is 7.11 Å². The minimum absolute atomic E-state index is 0.0911. The fraction of sp³-hybridized carbons (Fsp3) is 0.381. The molecule has 2 aliphatic heterocycles. The van der Waals surface area contributed by atoms with Crippen molar-refractivity contribution in [2.75, 3.05) is 25.5 Å². The second-order valence-corrected chi connectivity index (χ2v) is 7.87. The van der Waals surface area contributed by atoms with Crippen LogP contribution in [0.2, 0.25) is 0 Å². The minimum Gasteiger partial charge on any atom is -0.469 e. The molecule has 2 unspecified atom stereocenters. The summed E-state index contributed by atoms with van der Waals surface area (Å²) < 4.78 is 6.62. The highest BCUT2D eigenvalue weighted by molar-refractivity contribution is 7.80. The van der Waals surface area contributed by atoms with E-state index in [0.29, 0.717) is 16.9 Å². The molecule has 1 fully saturated rings. The molecule has 28 heavy (non-hydrogen) atoms. The molecule has 0 aliphatic carbocycles. The number of rotatable bonds is 3. The number of esters is 1.